The van der Waals surface area contributed by atoms with Crippen LogP contribution in [0.1, 0.15) is 11.1 Å². The first-order valence-electron chi connectivity index (χ1n) is 6.93. The Labute approximate surface area is 123 Å². The third-order valence-corrected chi connectivity index (χ3v) is 3.56. The van der Waals surface area contributed by atoms with Gasteiger partial charge in [0.2, 0.25) is 0 Å². The molecule has 1 heterocycles. The van der Waals surface area contributed by atoms with Crippen LogP contribution in [0.4, 0.5) is 4.79 Å². The average Bonchev–Trinajstić information content (AvgIpc) is 2.50. The van der Waals surface area contributed by atoms with E-state index in [9.17, 15) is 9.59 Å². The SMILES string of the molecule is COCCN(CC(=O)O)C(=O)N1CCc2ccccc2C1. The zero-order chi connectivity index (χ0) is 15.2. The maximum atomic E-state index is 12.5. The smallest absolute Gasteiger partial charge is 0.323 e. The van der Waals surface area contributed by atoms with Crippen LogP contribution in [-0.2, 0) is 22.5 Å². The molecule has 2 rings (SSSR count). The molecule has 114 valence electrons. The summed E-state index contributed by atoms with van der Waals surface area (Å²) in [6.45, 7) is 1.43. The normalized spacial score (nSPS) is 13.7. The fourth-order valence-corrected chi connectivity index (χ4v) is 2.47. The van der Waals surface area contributed by atoms with Gasteiger partial charge in [-0.3, -0.25) is 4.79 Å². The Hall–Kier alpha value is -2.08. The molecule has 0 fully saturated rings. The number of carbonyl (C=O) groups excluding carboxylic acids is 1. The van der Waals surface area contributed by atoms with E-state index in [1.165, 1.54) is 17.6 Å². The average molecular weight is 292 g/mol. The van der Waals surface area contributed by atoms with E-state index >= 15 is 0 Å². The third-order valence-electron chi connectivity index (χ3n) is 3.56. The summed E-state index contributed by atoms with van der Waals surface area (Å²) in [7, 11) is 1.53. The molecule has 0 bridgehead atoms. The Balaban J connectivity index is 2.05. The van der Waals surface area contributed by atoms with Gasteiger partial charge in [-0.15, -0.1) is 0 Å². The molecule has 2 amide bonds. The molecular formula is C15H20N2O4. The lowest BCUT2D eigenvalue weighted by Crippen LogP contribution is -2.48. The van der Waals surface area contributed by atoms with E-state index in [1.54, 1.807) is 4.90 Å². The van der Waals surface area contributed by atoms with Crippen molar-refractivity contribution < 1.29 is 19.4 Å². The van der Waals surface area contributed by atoms with E-state index < -0.39 is 5.97 Å². The zero-order valence-electron chi connectivity index (χ0n) is 12.1. The van der Waals surface area contributed by atoms with Gasteiger partial charge in [0.05, 0.1) is 6.61 Å². The van der Waals surface area contributed by atoms with E-state index in [0.717, 1.165) is 12.0 Å². The second-order valence-electron chi connectivity index (χ2n) is 5.03. The van der Waals surface area contributed by atoms with Crippen LogP contribution < -0.4 is 0 Å². The molecule has 0 aromatic heterocycles. The fraction of sp³-hybridized carbons (Fsp3) is 0.467. The lowest BCUT2D eigenvalue weighted by molar-refractivity contribution is -0.137. The number of fused-ring (bicyclic) bond motifs is 1. The topological polar surface area (TPSA) is 70.1 Å². The second kappa shape index (κ2) is 7.08. The van der Waals surface area contributed by atoms with Crippen molar-refractivity contribution in [2.75, 3.05) is 33.4 Å². The van der Waals surface area contributed by atoms with Crippen LogP contribution in [0, 0.1) is 0 Å². The molecule has 0 unspecified atom stereocenters. The van der Waals surface area contributed by atoms with Crippen molar-refractivity contribution >= 4 is 12.0 Å². The predicted molar refractivity (Wildman–Crippen MR) is 77.0 cm³/mol. The number of ether oxygens (including phenoxy) is 1. The van der Waals surface area contributed by atoms with Gasteiger partial charge in [0.15, 0.2) is 0 Å². The number of hydrogen-bond donors (Lipinski definition) is 1. The van der Waals surface area contributed by atoms with Crippen molar-refractivity contribution in [2.24, 2.45) is 0 Å². The molecule has 1 aliphatic rings. The molecule has 21 heavy (non-hydrogen) atoms. The van der Waals surface area contributed by atoms with Crippen LogP contribution >= 0.6 is 0 Å². The summed E-state index contributed by atoms with van der Waals surface area (Å²) in [5.41, 5.74) is 2.38. The number of nitrogens with zero attached hydrogens (tertiary/aromatic N) is 2. The summed E-state index contributed by atoms with van der Waals surface area (Å²) >= 11 is 0. The number of rotatable bonds is 5. The Morgan fingerprint density at radius 1 is 1.33 bits per heavy atom. The van der Waals surface area contributed by atoms with Gasteiger partial charge in [-0.1, -0.05) is 24.3 Å². The van der Waals surface area contributed by atoms with Gasteiger partial charge in [0.1, 0.15) is 6.54 Å². The standard InChI is InChI=1S/C15H20N2O4/c1-21-9-8-17(11-14(18)19)15(20)16-7-6-12-4-2-3-5-13(12)10-16/h2-5H,6-11H2,1H3,(H,18,19). The van der Waals surface area contributed by atoms with Gasteiger partial charge < -0.3 is 19.6 Å². The Kier molecular flexibility index (Phi) is 5.16. The number of hydrogen-bond acceptors (Lipinski definition) is 3. The first kappa shape index (κ1) is 15.3. The van der Waals surface area contributed by atoms with Gasteiger partial charge in [-0.2, -0.15) is 0 Å². The number of benzene rings is 1. The molecule has 0 saturated carbocycles. The summed E-state index contributed by atoms with van der Waals surface area (Å²) in [6.07, 6.45) is 0.799. The van der Waals surface area contributed by atoms with Crippen molar-refractivity contribution in [2.45, 2.75) is 13.0 Å². The molecular weight excluding hydrogens is 272 g/mol. The number of urea groups is 1. The highest BCUT2D eigenvalue weighted by molar-refractivity contribution is 5.80. The summed E-state index contributed by atoms with van der Waals surface area (Å²) in [5, 5.41) is 8.94. The minimum atomic E-state index is -1.02. The van der Waals surface area contributed by atoms with E-state index in [4.69, 9.17) is 9.84 Å². The summed E-state index contributed by atoms with van der Waals surface area (Å²) < 4.78 is 4.94. The van der Waals surface area contributed by atoms with Crippen molar-refractivity contribution in [3.63, 3.8) is 0 Å². The van der Waals surface area contributed by atoms with Crippen LogP contribution in [0.2, 0.25) is 0 Å². The van der Waals surface area contributed by atoms with E-state index in [1.807, 2.05) is 18.2 Å². The van der Waals surface area contributed by atoms with Crippen molar-refractivity contribution in [3.8, 4) is 0 Å². The van der Waals surface area contributed by atoms with Crippen LogP contribution in [0.15, 0.2) is 24.3 Å². The van der Waals surface area contributed by atoms with Crippen molar-refractivity contribution in [3.05, 3.63) is 35.4 Å². The highest BCUT2D eigenvalue weighted by Gasteiger charge is 2.25. The molecule has 6 nitrogen and oxygen atoms in total. The van der Waals surface area contributed by atoms with Gasteiger partial charge >= 0.3 is 12.0 Å². The highest BCUT2D eigenvalue weighted by Crippen LogP contribution is 2.19. The zero-order valence-corrected chi connectivity index (χ0v) is 12.1. The number of carbonyl (C=O) groups is 2. The number of aliphatic carboxylic acids is 1. The Morgan fingerprint density at radius 3 is 2.71 bits per heavy atom. The predicted octanol–water partition coefficient (Wildman–Crippen LogP) is 1.20. The molecule has 0 spiro atoms. The lowest BCUT2D eigenvalue weighted by Gasteiger charge is -2.33. The minimum absolute atomic E-state index is 0.246. The molecule has 0 aliphatic carbocycles. The molecule has 0 saturated heterocycles. The molecule has 1 aromatic rings. The third kappa shape index (κ3) is 3.95. The highest BCUT2D eigenvalue weighted by atomic mass is 16.5. The molecule has 0 atom stereocenters. The van der Waals surface area contributed by atoms with Gasteiger partial charge in [0, 0.05) is 26.7 Å². The van der Waals surface area contributed by atoms with Gasteiger partial charge in [0.25, 0.3) is 0 Å². The first-order chi connectivity index (χ1) is 10.1. The van der Waals surface area contributed by atoms with Crippen molar-refractivity contribution in [1.82, 2.24) is 9.80 Å². The number of carboxylic acids is 1. The summed E-state index contributed by atoms with van der Waals surface area (Å²) in [5.74, 6) is -1.02. The summed E-state index contributed by atoms with van der Waals surface area (Å²) in [6, 6.07) is 7.77. The number of amides is 2. The van der Waals surface area contributed by atoms with Crippen LogP contribution in [0.25, 0.3) is 0 Å². The van der Waals surface area contributed by atoms with E-state index in [0.29, 0.717) is 19.7 Å². The largest absolute Gasteiger partial charge is 0.480 e. The number of carboxylic acid groups (broad SMARTS) is 1. The van der Waals surface area contributed by atoms with E-state index in [-0.39, 0.29) is 19.1 Å². The molecule has 0 radical (unpaired) electrons. The fourth-order valence-electron chi connectivity index (χ4n) is 2.47. The quantitative estimate of drug-likeness (QED) is 0.885. The first-order valence-corrected chi connectivity index (χ1v) is 6.93. The Bertz CT molecular complexity index is 518. The van der Waals surface area contributed by atoms with Crippen LogP contribution in [-0.4, -0.2) is 60.3 Å². The lowest BCUT2D eigenvalue weighted by atomic mass is 10.0. The van der Waals surface area contributed by atoms with E-state index in [2.05, 4.69) is 6.07 Å². The molecule has 1 N–H and O–H groups in total. The maximum absolute atomic E-state index is 12.5. The van der Waals surface area contributed by atoms with Gasteiger partial charge in [-0.05, 0) is 17.5 Å². The maximum Gasteiger partial charge on any atom is 0.323 e. The van der Waals surface area contributed by atoms with Gasteiger partial charge in [-0.25, -0.2) is 4.79 Å². The molecule has 1 aliphatic heterocycles. The summed E-state index contributed by atoms with van der Waals surface area (Å²) in [4.78, 5) is 26.4. The minimum Gasteiger partial charge on any atom is -0.480 e. The monoisotopic (exact) mass is 292 g/mol. The second-order valence-corrected chi connectivity index (χ2v) is 5.03. The number of methoxy groups -OCH3 is 1. The van der Waals surface area contributed by atoms with Crippen LogP contribution in [0.3, 0.4) is 0 Å². The van der Waals surface area contributed by atoms with Crippen LogP contribution in [0.5, 0.6) is 0 Å². The molecule has 6 heteroatoms. The Morgan fingerprint density at radius 2 is 2.05 bits per heavy atom. The molecule has 1 aromatic carbocycles. The van der Waals surface area contributed by atoms with Crippen molar-refractivity contribution in [1.29, 1.82) is 0 Å².